The van der Waals surface area contributed by atoms with Gasteiger partial charge in [-0.15, -0.1) is 10.2 Å². The number of hydrogen-bond acceptors (Lipinski definition) is 7. The number of nitrogens with one attached hydrogen (secondary N) is 2. The molecule has 0 radical (unpaired) electrons. The van der Waals surface area contributed by atoms with Gasteiger partial charge in [-0.2, -0.15) is 5.10 Å². The van der Waals surface area contributed by atoms with Crippen molar-refractivity contribution in [2.45, 2.75) is 0 Å². The molecule has 8 heteroatoms. The third-order valence-electron chi connectivity index (χ3n) is 2.57. The second-order valence-electron chi connectivity index (χ2n) is 3.97. The molecule has 0 saturated carbocycles. The Hall–Kier alpha value is -2.87. The summed E-state index contributed by atoms with van der Waals surface area (Å²) in [6.07, 6.45) is 3.13. The van der Waals surface area contributed by atoms with Gasteiger partial charge in [-0.3, -0.25) is 10.2 Å². The van der Waals surface area contributed by atoms with E-state index in [0.717, 1.165) is 5.69 Å². The Kier molecular flexibility index (Phi) is 3.79. The highest BCUT2D eigenvalue weighted by Gasteiger charge is 2.19. The molecule has 2 heterocycles. The van der Waals surface area contributed by atoms with Crippen molar-refractivity contribution in [3.8, 4) is 0 Å². The number of allylic oxidation sites excluding steroid dienone is 1. The molecule has 1 aromatic heterocycles. The molecule has 1 amide bonds. The normalized spacial score (nSPS) is 15.9. The molecule has 0 unspecified atom stereocenters. The number of nitrogens with zero attached hydrogens (tertiary/aromatic N) is 4. The van der Waals surface area contributed by atoms with Crippen molar-refractivity contribution < 1.29 is 4.79 Å². The third-order valence-corrected chi connectivity index (χ3v) is 3.16. The van der Waals surface area contributed by atoms with Crippen molar-refractivity contribution >= 4 is 40.0 Å². The molecule has 1 aliphatic rings. The molecule has 3 rings (SSSR count). The van der Waals surface area contributed by atoms with Crippen LogP contribution >= 0.6 is 11.3 Å². The van der Waals surface area contributed by atoms with Crippen LogP contribution in [0.15, 0.2) is 57.7 Å². The Bertz CT molecular complexity index is 720. The quantitative estimate of drug-likeness (QED) is 0.841. The highest BCUT2D eigenvalue weighted by Crippen LogP contribution is 2.14. The van der Waals surface area contributed by atoms with E-state index in [0.29, 0.717) is 10.8 Å². The maximum absolute atomic E-state index is 11.9. The van der Waals surface area contributed by atoms with Gasteiger partial charge >= 0.3 is 0 Å². The lowest BCUT2D eigenvalue weighted by Crippen LogP contribution is -2.24. The van der Waals surface area contributed by atoms with Gasteiger partial charge < -0.3 is 5.32 Å². The van der Waals surface area contributed by atoms with Crippen molar-refractivity contribution in [3.63, 3.8) is 0 Å². The zero-order valence-corrected chi connectivity index (χ0v) is 11.5. The molecule has 2 N–H and O–H groups in total. The van der Waals surface area contributed by atoms with Crippen LogP contribution in [0.3, 0.4) is 0 Å². The number of carbonyl (C=O) groups is 1. The Morgan fingerprint density at radius 2 is 2.05 bits per heavy atom. The molecule has 0 bridgehead atoms. The number of rotatable bonds is 4. The zero-order chi connectivity index (χ0) is 14.5. The number of hydrazone groups is 1. The summed E-state index contributed by atoms with van der Waals surface area (Å²) in [4.78, 5) is 15.6. The SMILES string of the molecule is O=C1N=CC=C(Nc2ccccc2)C1=NNc1nncs1. The van der Waals surface area contributed by atoms with E-state index < -0.39 is 5.91 Å². The molecule has 104 valence electrons. The maximum Gasteiger partial charge on any atom is 0.299 e. The van der Waals surface area contributed by atoms with Gasteiger partial charge in [0, 0.05) is 11.9 Å². The van der Waals surface area contributed by atoms with Gasteiger partial charge in [0.2, 0.25) is 5.13 Å². The van der Waals surface area contributed by atoms with Crippen molar-refractivity contribution in [2.24, 2.45) is 10.1 Å². The molecule has 0 aliphatic carbocycles. The van der Waals surface area contributed by atoms with E-state index in [2.05, 4.69) is 31.0 Å². The van der Waals surface area contributed by atoms with Crippen molar-refractivity contribution in [2.75, 3.05) is 10.7 Å². The van der Waals surface area contributed by atoms with Crippen LogP contribution in [0.25, 0.3) is 0 Å². The number of para-hydroxylation sites is 1. The average Bonchev–Trinajstić information content (AvgIpc) is 3.01. The van der Waals surface area contributed by atoms with E-state index in [1.807, 2.05) is 30.3 Å². The first-order chi connectivity index (χ1) is 10.3. The molecule has 21 heavy (non-hydrogen) atoms. The monoisotopic (exact) mass is 298 g/mol. The van der Waals surface area contributed by atoms with Gasteiger partial charge in [0.05, 0.1) is 5.70 Å². The minimum atomic E-state index is -0.423. The Morgan fingerprint density at radius 3 is 2.81 bits per heavy atom. The van der Waals surface area contributed by atoms with Crippen LogP contribution in [-0.4, -0.2) is 28.0 Å². The number of carbonyl (C=O) groups excluding carboxylic acids is 1. The van der Waals surface area contributed by atoms with Gasteiger partial charge in [0.25, 0.3) is 5.91 Å². The van der Waals surface area contributed by atoms with Crippen molar-refractivity contribution in [1.82, 2.24) is 10.2 Å². The number of aromatic nitrogens is 2. The molecular weight excluding hydrogens is 288 g/mol. The number of anilines is 2. The summed E-state index contributed by atoms with van der Waals surface area (Å²) >= 11 is 1.29. The van der Waals surface area contributed by atoms with Gasteiger partial charge in [0.1, 0.15) is 5.51 Å². The summed E-state index contributed by atoms with van der Waals surface area (Å²) in [5, 5.41) is 15.2. The largest absolute Gasteiger partial charge is 0.353 e. The number of dihydropyridines is 1. The number of aliphatic imine (C=N–C) groups is 1. The van der Waals surface area contributed by atoms with Gasteiger partial charge in [-0.25, -0.2) is 4.99 Å². The molecule has 7 nitrogen and oxygen atoms in total. The van der Waals surface area contributed by atoms with Crippen LogP contribution < -0.4 is 10.7 Å². The van der Waals surface area contributed by atoms with E-state index in [-0.39, 0.29) is 5.71 Å². The Morgan fingerprint density at radius 1 is 1.19 bits per heavy atom. The first kappa shape index (κ1) is 13.1. The summed E-state index contributed by atoms with van der Waals surface area (Å²) in [5.74, 6) is -0.423. The lowest BCUT2D eigenvalue weighted by molar-refractivity contribution is -0.111. The summed E-state index contributed by atoms with van der Waals surface area (Å²) in [6.45, 7) is 0. The second kappa shape index (κ2) is 6.06. The van der Waals surface area contributed by atoms with Gasteiger partial charge in [0.15, 0.2) is 5.71 Å². The topological polar surface area (TPSA) is 91.6 Å². The van der Waals surface area contributed by atoms with Crippen LogP contribution in [0, 0.1) is 0 Å². The average molecular weight is 298 g/mol. The van der Waals surface area contributed by atoms with Crippen LogP contribution in [0.4, 0.5) is 10.8 Å². The number of benzene rings is 1. The summed E-state index contributed by atoms with van der Waals surface area (Å²) in [5.41, 5.74) is 5.89. The fraction of sp³-hybridized carbons (Fsp3) is 0. The Labute approximate surface area is 124 Å². The lowest BCUT2D eigenvalue weighted by Gasteiger charge is -2.13. The standard InChI is InChI=1S/C13H10N6OS/c20-12-11(17-19-13-18-15-8-21-13)10(6-7-14-12)16-9-4-2-1-3-5-9/h1-8,16H,(H,18,19). The summed E-state index contributed by atoms with van der Waals surface area (Å²) in [7, 11) is 0. The van der Waals surface area contributed by atoms with Crippen LogP contribution in [-0.2, 0) is 4.79 Å². The van der Waals surface area contributed by atoms with Crippen LogP contribution in [0.5, 0.6) is 0 Å². The number of amides is 1. The van der Waals surface area contributed by atoms with Crippen molar-refractivity contribution in [3.05, 3.63) is 47.6 Å². The van der Waals surface area contributed by atoms with E-state index >= 15 is 0 Å². The molecule has 0 saturated heterocycles. The molecule has 1 aromatic carbocycles. The Balaban J connectivity index is 1.82. The zero-order valence-electron chi connectivity index (χ0n) is 10.7. The molecule has 0 fully saturated rings. The highest BCUT2D eigenvalue weighted by molar-refractivity contribution is 7.13. The fourth-order valence-electron chi connectivity index (χ4n) is 1.65. The lowest BCUT2D eigenvalue weighted by atomic mass is 10.2. The molecular formula is C13H10N6OS. The fourth-order valence-corrected chi connectivity index (χ4v) is 2.03. The minimum Gasteiger partial charge on any atom is -0.353 e. The summed E-state index contributed by atoms with van der Waals surface area (Å²) < 4.78 is 0. The minimum absolute atomic E-state index is 0.191. The predicted molar refractivity (Wildman–Crippen MR) is 82.6 cm³/mol. The molecule has 0 spiro atoms. The second-order valence-corrected chi connectivity index (χ2v) is 4.80. The van der Waals surface area contributed by atoms with Gasteiger partial charge in [-0.05, 0) is 18.2 Å². The van der Waals surface area contributed by atoms with E-state index in [1.54, 1.807) is 11.6 Å². The van der Waals surface area contributed by atoms with Crippen LogP contribution in [0.2, 0.25) is 0 Å². The molecule has 2 aromatic rings. The first-order valence-corrected chi connectivity index (χ1v) is 6.92. The smallest absolute Gasteiger partial charge is 0.299 e. The molecule has 0 atom stereocenters. The molecule has 1 aliphatic heterocycles. The van der Waals surface area contributed by atoms with E-state index in [1.165, 1.54) is 17.6 Å². The first-order valence-electron chi connectivity index (χ1n) is 6.04. The number of hydrogen-bond donors (Lipinski definition) is 2. The highest BCUT2D eigenvalue weighted by atomic mass is 32.1. The summed E-state index contributed by atoms with van der Waals surface area (Å²) in [6, 6.07) is 9.51. The predicted octanol–water partition coefficient (Wildman–Crippen LogP) is 1.91. The van der Waals surface area contributed by atoms with Crippen molar-refractivity contribution in [1.29, 1.82) is 0 Å². The van der Waals surface area contributed by atoms with Gasteiger partial charge in [-0.1, -0.05) is 29.5 Å². The van der Waals surface area contributed by atoms with E-state index in [4.69, 9.17) is 0 Å². The van der Waals surface area contributed by atoms with Crippen LogP contribution in [0.1, 0.15) is 0 Å². The van der Waals surface area contributed by atoms with E-state index in [9.17, 15) is 4.79 Å². The maximum atomic E-state index is 11.9. The third kappa shape index (κ3) is 3.18.